The van der Waals surface area contributed by atoms with Gasteiger partial charge in [0.1, 0.15) is 5.75 Å². The normalized spacial score (nSPS) is 10.3. The quantitative estimate of drug-likeness (QED) is 0.639. The van der Waals surface area contributed by atoms with E-state index in [2.05, 4.69) is 25.6 Å². The second-order valence-corrected chi connectivity index (χ2v) is 5.79. The van der Waals surface area contributed by atoms with Crippen molar-refractivity contribution in [1.82, 2.24) is 20.3 Å². The number of methoxy groups -OCH3 is 1. The monoisotopic (exact) mass is 363 g/mol. The first kappa shape index (κ1) is 18.3. The highest BCUT2D eigenvalue weighted by Gasteiger charge is 2.08. The molecular formula is C20H21N5O2. The van der Waals surface area contributed by atoms with Crippen LogP contribution in [0.5, 0.6) is 5.75 Å². The molecule has 0 bridgehead atoms. The summed E-state index contributed by atoms with van der Waals surface area (Å²) in [6, 6.07) is 13.4. The summed E-state index contributed by atoms with van der Waals surface area (Å²) in [5.74, 6) is 1.06. The minimum atomic E-state index is -0.207. The lowest BCUT2D eigenvalue weighted by Gasteiger charge is -2.09. The Morgan fingerprint density at radius 1 is 1.04 bits per heavy atom. The first-order chi connectivity index (χ1) is 13.3. The SMILES string of the molecule is COc1ccccc1CCNC(=O)c1cnc(NCc2ccccn2)nc1. The Bertz CT molecular complexity index is 869. The molecule has 3 rings (SSSR count). The number of carbonyl (C=O) groups excluding carboxylic acids is 1. The fourth-order valence-electron chi connectivity index (χ4n) is 2.53. The predicted molar refractivity (Wildman–Crippen MR) is 103 cm³/mol. The minimum Gasteiger partial charge on any atom is -0.496 e. The fraction of sp³-hybridized carbons (Fsp3) is 0.200. The lowest BCUT2D eigenvalue weighted by molar-refractivity contribution is 0.0953. The third-order valence-electron chi connectivity index (χ3n) is 3.94. The average Bonchev–Trinajstić information content (AvgIpc) is 2.73. The van der Waals surface area contributed by atoms with Gasteiger partial charge < -0.3 is 15.4 Å². The average molecular weight is 363 g/mol. The topological polar surface area (TPSA) is 89.0 Å². The number of nitrogens with zero attached hydrogens (tertiary/aromatic N) is 3. The van der Waals surface area contributed by atoms with Crippen LogP contribution in [0.15, 0.2) is 61.1 Å². The molecule has 0 saturated heterocycles. The molecule has 0 aliphatic heterocycles. The molecule has 1 aromatic carbocycles. The molecule has 0 aliphatic rings. The largest absolute Gasteiger partial charge is 0.496 e. The van der Waals surface area contributed by atoms with Gasteiger partial charge in [0.25, 0.3) is 5.91 Å². The zero-order valence-corrected chi connectivity index (χ0v) is 15.1. The van der Waals surface area contributed by atoms with Gasteiger partial charge >= 0.3 is 0 Å². The number of hydrogen-bond acceptors (Lipinski definition) is 6. The summed E-state index contributed by atoms with van der Waals surface area (Å²) in [4.78, 5) is 24.8. The van der Waals surface area contributed by atoms with Gasteiger partial charge in [-0.25, -0.2) is 9.97 Å². The van der Waals surface area contributed by atoms with Crippen LogP contribution in [0.3, 0.4) is 0 Å². The molecule has 27 heavy (non-hydrogen) atoms. The van der Waals surface area contributed by atoms with Crippen LogP contribution < -0.4 is 15.4 Å². The molecule has 7 heteroatoms. The second kappa shape index (κ2) is 9.28. The van der Waals surface area contributed by atoms with E-state index in [0.717, 1.165) is 17.0 Å². The van der Waals surface area contributed by atoms with E-state index in [9.17, 15) is 4.79 Å². The van der Waals surface area contributed by atoms with Crippen molar-refractivity contribution in [3.8, 4) is 5.75 Å². The molecule has 0 saturated carbocycles. The summed E-state index contributed by atoms with van der Waals surface area (Å²) in [7, 11) is 1.64. The van der Waals surface area contributed by atoms with Crippen molar-refractivity contribution in [1.29, 1.82) is 0 Å². The first-order valence-corrected chi connectivity index (χ1v) is 8.62. The summed E-state index contributed by atoms with van der Waals surface area (Å²) < 4.78 is 5.31. The molecule has 0 spiro atoms. The van der Waals surface area contributed by atoms with Crippen molar-refractivity contribution in [3.63, 3.8) is 0 Å². The van der Waals surface area contributed by atoms with Crippen LogP contribution in [0.2, 0.25) is 0 Å². The Balaban J connectivity index is 1.48. The summed E-state index contributed by atoms with van der Waals surface area (Å²) >= 11 is 0. The number of pyridine rings is 1. The predicted octanol–water partition coefficient (Wildman–Crippen LogP) is 2.46. The van der Waals surface area contributed by atoms with Crippen LogP contribution in [-0.2, 0) is 13.0 Å². The van der Waals surface area contributed by atoms with Crippen LogP contribution in [0.1, 0.15) is 21.6 Å². The Morgan fingerprint density at radius 2 is 1.81 bits per heavy atom. The van der Waals surface area contributed by atoms with Gasteiger partial charge in [-0.1, -0.05) is 24.3 Å². The van der Waals surface area contributed by atoms with E-state index < -0.39 is 0 Å². The van der Waals surface area contributed by atoms with Crippen LogP contribution >= 0.6 is 0 Å². The molecule has 3 aromatic rings. The molecule has 2 aromatic heterocycles. The Labute approximate surface area is 157 Å². The van der Waals surface area contributed by atoms with Crippen molar-refractivity contribution in [2.75, 3.05) is 19.0 Å². The van der Waals surface area contributed by atoms with E-state index in [1.165, 1.54) is 12.4 Å². The summed E-state index contributed by atoms with van der Waals surface area (Å²) in [5, 5.41) is 5.95. The molecule has 0 fully saturated rings. The molecule has 0 unspecified atom stereocenters. The Morgan fingerprint density at radius 3 is 2.56 bits per heavy atom. The zero-order chi connectivity index (χ0) is 18.9. The molecule has 0 radical (unpaired) electrons. The van der Waals surface area contributed by atoms with Gasteiger partial charge in [0.15, 0.2) is 0 Å². The van der Waals surface area contributed by atoms with Crippen LogP contribution in [-0.4, -0.2) is 34.5 Å². The van der Waals surface area contributed by atoms with E-state index >= 15 is 0 Å². The van der Waals surface area contributed by atoms with Gasteiger partial charge in [-0.05, 0) is 30.2 Å². The molecular weight excluding hydrogens is 342 g/mol. The molecule has 2 heterocycles. The standard InChI is InChI=1S/C20H21N5O2/c1-27-18-8-3-2-6-15(18)9-11-22-19(26)16-12-23-20(24-13-16)25-14-17-7-4-5-10-21-17/h2-8,10,12-13H,9,11,14H2,1H3,(H,22,26)(H,23,24,25). The fourth-order valence-corrected chi connectivity index (χ4v) is 2.53. The maximum atomic E-state index is 12.2. The van der Waals surface area contributed by atoms with Gasteiger partial charge in [-0.3, -0.25) is 9.78 Å². The minimum absolute atomic E-state index is 0.207. The van der Waals surface area contributed by atoms with Crippen LogP contribution in [0.4, 0.5) is 5.95 Å². The number of aromatic nitrogens is 3. The number of amides is 1. The number of anilines is 1. The molecule has 0 atom stereocenters. The highest BCUT2D eigenvalue weighted by molar-refractivity contribution is 5.93. The number of para-hydroxylation sites is 1. The summed E-state index contributed by atoms with van der Waals surface area (Å²) in [6.07, 6.45) is 5.43. The van der Waals surface area contributed by atoms with Crippen molar-refractivity contribution in [3.05, 3.63) is 77.9 Å². The van der Waals surface area contributed by atoms with E-state index in [-0.39, 0.29) is 5.91 Å². The van der Waals surface area contributed by atoms with Crippen molar-refractivity contribution < 1.29 is 9.53 Å². The summed E-state index contributed by atoms with van der Waals surface area (Å²) in [5.41, 5.74) is 2.35. The molecule has 0 aliphatic carbocycles. The van der Waals surface area contributed by atoms with E-state index in [0.29, 0.717) is 31.0 Å². The van der Waals surface area contributed by atoms with E-state index in [1.807, 2.05) is 42.5 Å². The number of benzene rings is 1. The number of ether oxygens (including phenoxy) is 1. The smallest absolute Gasteiger partial charge is 0.254 e. The zero-order valence-electron chi connectivity index (χ0n) is 15.1. The number of rotatable bonds is 8. The lowest BCUT2D eigenvalue weighted by atomic mass is 10.1. The Hall–Kier alpha value is -3.48. The van der Waals surface area contributed by atoms with Crippen molar-refractivity contribution >= 4 is 11.9 Å². The Kier molecular flexibility index (Phi) is 6.30. The van der Waals surface area contributed by atoms with Gasteiger partial charge in [0.05, 0.1) is 24.9 Å². The highest BCUT2D eigenvalue weighted by atomic mass is 16.5. The third-order valence-corrected chi connectivity index (χ3v) is 3.94. The van der Waals surface area contributed by atoms with E-state index in [1.54, 1.807) is 13.3 Å². The number of hydrogen-bond donors (Lipinski definition) is 2. The maximum absolute atomic E-state index is 12.2. The number of nitrogens with one attached hydrogen (secondary N) is 2. The van der Waals surface area contributed by atoms with Gasteiger partial charge in [-0.15, -0.1) is 0 Å². The van der Waals surface area contributed by atoms with Gasteiger partial charge in [0, 0.05) is 25.1 Å². The lowest BCUT2D eigenvalue weighted by Crippen LogP contribution is -2.26. The van der Waals surface area contributed by atoms with Gasteiger partial charge in [0.2, 0.25) is 5.95 Å². The molecule has 7 nitrogen and oxygen atoms in total. The van der Waals surface area contributed by atoms with Crippen molar-refractivity contribution in [2.24, 2.45) is 0 Å². The molecule has 138 valence electrons. The van der Waals surface area contributed by atoms with Gasteiger partial charge in [-0.2, -0.15) is 0 Å². The number of carbonyl (C=O) groups is 1. The van der Waals surface area contributed by atoms with Crippen molar-refractivity contribution in [2.45, 2.75) is 13.0 Å². The molecule has 1 amide bonds. The van der Waals surface area contributed by atoms with E-state index in [4.69, 9.17) is 4.74 Å². The van der Waals surface area contributed by atoms with Crippen LogP contribution in [0, 0.1) is 0 Å². The summed E-state index contributed by atoms with van der Waals surface area (Å²) in [6.45, 7) is 1.02. The maximum Gasteiger partial charge on any atom is 0.254 e. The second-order valence-electron chi connectivity index (χ2n) is 5.79. The van der Waals surface area contributed by atoms with Crippen LogP contribution in [0.25, 0.3) is 0 Å². The first-order valence-electron chi connectivity index (χ1n) is 8.62. The molecule has 2 N–H and O–H groups in total. The highest BCUT2D eigenvalue weighted by Crippen LogP contribution is 2.17. The third kappa shape index (κ3) is 5.24.